The highest BCUT2D eigenvalue weighted by Gasteiger charge is 2.20. The van der Waals surface area contributed by atoms with Gasteiger partial charge in [-0.05, 0) is 60.2 Å². The Bertz CT molecular complexity index is 1140. The third kappa shape index (κ3) is 3.75. The highest BCUT2D eigenvalue weighted by molar-refractivity contribution is 9.10. The number of oxazole rings is 1. The lowest BCUT2D eigenvalue weighted by Crippen LogP contribution is -2.03. The van der Waals surface area contributed by atoms with E-state index in [1.807, 2.05) is 48.5 Å². The number of allylic oxidation sites excluding steroid dienone is 1. The molecule has 5 heteroatoms. The Kier molecular flexibility index (Phi) is 5.08. The van der Waals surface area contributed by atoms with Crippen molar-refractivity contribution in [2.24, 2.45) is 0 Å². The third-order valence-electron chi connectivity index (χ3n) is 4.28. The average Bonchev–Trinajstić information content (AvgIpc) is 3.15. The molecule has 0 N–H and O–H groups in total. The van der Waals surface area contributed by atoms with Gasteiger partial charge in [0.25, 0.3) is 0 Å². The maximum Gasteiger partial charge on any atom is 0.231 e. The topological polar surface area (TPSA) is 52.3 Å². The summed E-state index contributed by atoms with van der Waals surface area (Å²) < 4.78 is 12.0. The molecule has 0 amide bonds. The molecule has 3 aromatic carbocycles. The molecule has 0 radical (unpaired) electrons. The van der Waals surface area contributed by atoms with Gasteiger partial charge in [0, 0.05) is 10.0 Å². The molecular weight excluding hydrogens is 418 g/mol. The number of hydrogen-bond donors (Lipinski definition) is 0. The number of rotatable bonds is 5. The molecule has 0 aliphatic carbocycles. The summed E-state index contributed by atoms with van der Waals surface area (Å²) in [5, 5.41) is 0. The van der Waals surface area contributed by atoms with Crippen LogP contribution in [0.25, 0.3) is 22.7 Å². The number of ether oxygens (including phenoxy) is 1. The predicted molar refractivity (Wildman–Crippen MR) is 113 cm³/mol. The van der Waals surface area contributed by atoms with Crippen LogP contribution in [-0.4, -0.2) is 17.9 Å². The van der Waals surface area contributed by atoms with E-state index in [0.717, 1.165) is 10.0 Å². The predicted octanol–water partition coefficient (Wildman–Crippen LogP) is 6.02. The summed E-state index contributed by atoms with van der Waals surface area (Å²) in [4.78, 5) is 17.8. The molecule has 0 saturated heterocycles. The molecular formula is C23H16BrNO3. The Morgan fingerprint density at radius 1 is 1.04 bits per heavy atom. The Morgan fingerprint density at radius 2 is 1.82 bits per heavy atom. The molecule has 0 fully saturated rings. The van der Waals surface area contributed by atoms with Gasteiger partial charge in [0.2, 0.25) is 5.89 Å². The summed E-state index contributed by atoms with van der Waals surface area (Å²) >= 11 is 3.47. The second-order valence-electron chi connectivity index (χ2n) is 6.16. The zero-order valence-corrected chi connectivity index (χ0v) is 16.6. The standard InChI is InChI=1S/C23H16BrNO3/c1-27-18-11-9-16(10-12-18)22(26)19(14-15-5-4-6-17(24)13-15)23-25-20-7-2-3-8-21(20)28-23/h2-14H,1H3/b19-14-. The number of Topliss-reactive ketones (excluding diaryl/α,β-unsaturated/α-hetero) is 1. The molecule has 0 bridgehead atoms. The van der Waals surface area contributed by atoms with Gasteiger partial charge in [-0.25, -0.2) is 4.98 Å². The monoisotopic (exact) mass is 433 g/mol. The number of aromatic nitrogens is 1. The third-order valence-corrected chi connectivity index (χ3v) is 4.77. The lowest BCUT2D eigenvalue weighted by molar-refractivity contribution is 0.105. The minimum absolute atomic E-state index is 0.172. The van der Waals surface area contributed by atoms with Crippen LogP contribution in [0.4, 0.5) is 0 Å². The van der Waals surface area contributed by atoms with Crippen molar-refractivity contribution in [2.45, 2.75) is 0 Å². The molecule has 0 spiro atoms. The van der Waals surface area contributed by atoms with E-state index in [-0.39, 0.29) is 5.78 Å². The van der Waals surface area contributed by atoms with Crippen molar-refractivity contribution in [3.05, 3.63) is 94.3 Å². The second-order valence-corrected chi connectivity index (χ2v) is 7.07. The lowest BCUT2D eigenvalue weighted by Gasteiger charge is -2.06. The minimum Gasteiger partial charge on any atom is -0.497 e. The summed E-state index contributed by atoms with van der Waals surface area (Å²) in [5.74, 6) is 0.812. The van der Waals surface area contributed by atoms with E-state index in [9.17, 15) is 4.79 Å². The lowest BCUT2D eigenvalue weighted by atomic mass is 10.0. The van der Waals surface area contributed by atoms with Crippen LogP contribution < -0.4 is 4.74 Å². The Balaban J connectivity index is 1.83. The summed E-state index contributed by atoms with van der Waals surface area (Å²) in [5.41, 5.74) is 3.14. The first kappa shape index (κ1) is 18.2. The summed E-state index contributed by atoms with van der Waals surface area (Å²) in [6, 6.07) is 22.1. The van der Waals surface area contributed by atoms with Gasteiger partial charge < -0.3 is 9.15 Å². The van der Waals surface area contributed by atoms with Crippen LogP contribution in [0, 0.1) is 0 Å². The Morgan fingerprint density at radius 3 is 2.54 bits per heavy atom. The molecule has 1 aromatic heterocycles. The molecule has 4 rings (SSSR count). The number of carbonyl (C=O) groups is 1. The van der Waals surface area contributed by atoms with Crippen molar-refractivity contribution in [3.8, 4) is 5.75 Å². The first-order valence-electron chi connectivity index (χ1n) is 8.66. The van der Waals surface area contributed by atoms with Crippen molar-refractivity contribution in [3.63, 3.8) is 0 Å². The van der Waals surface area contributed by atoms with E-state index >= 15 is 0 Å². The van der Waals surface area contributed by atoms with Gasteiger partial charge in [-0.1, -0.05) is 40.2 Å². The maximum atomic E-state index is 13.3. The minimum atomic E-state index is -0.172. The van der Waals surface area contributed by atoms with Crippen molar-refractivity contribution < 1.29 is 13.9 Å². The highest BCUT2D eigenvalue weighted by atomic mass is 79.9. The second kappa shape index (κ2) is 7.82. The quantitative estimate of drug-likeness (QED) is 0.285. The summed E-state index contributed by atoms with van der Waals surface area (Å²) in [7, 11) is 1.59. The van der Waals surface area contributed by atoms with E-state index in [1.165, 1.54) is 0 Å². The van der Waals surface area contributed by atoms with E-state index < -0.39 is 0 Å². The largest absolute Gasteiger partial charge is 0.497 e. The molecule has 0 saturated carbocycles. The number of para-hydroxylation sites is 2. The molecule has 138 valence electrons. The summed E-state index contributed by atoms with van der Waals surface area (Å²) in [6.07, 6.45) is 1.79. The maximum absolute atomic E-state index is 13.3. The number of fused-ring (bicyclic) bond motifs is 1. The molecule has 4 aromatic rings. The molecule has 0 unspecified atom stereocenters. The number of nitrogens with zero attached hydrogens (tertiary/aromatic N) is 1. The fourth-order valence-electron chi connectivity index (χ4n) is 2.87. The van der Waals surface area contributed by atoms with E-state index in [2.05, 4.69) is 20.9 Å². The van der Waals surface area contributed by atoms with Gasteiger partial charge in [0.1, 0.15) is 11.3 Å². The fraction of sp³-hybridized carbons (Fsp3) is 0.0435. The zero-order valence-electron chi connectivity index (χ0n) is 15.1. The van der Waals surface area contributed by atoms with Gasteiger partial charge in [0.15, 0.2) is 11.4 Å². The zero-order chi connectivity index (χ0) is 19.5. The molecule has 28 heavy (non-hydrogen) atoms. The number of halogens is 1. The first-order valence-corrected chi connectivity index (χ1v) is 9.45. The number of methoxy groups -OCH3 is 1. The van der Waals surface area contributed by atoms with Crippen molar-refractivity contribution in [2.75, 3.05) is 7.11 Å². The van der Waals surface area contributed by atoms with Gasteiger partial charge in [-0.15, -0.1) is 0 Å². The van der Waals surface area contributed by atoms with Crippen LogP contribution in [0.5, 0.6) is 5.75 Å². The summed E-state index contributed by atoms with van der Waals surface area (Å²) in [6.45, 7) is 0. The molecule has 4 nitrogen and oxygen atoms in total. The van der Waals surface area contributed by atoms with Gasteiger partial charge in [-0.3, -0.25) is 4.79 Å². The van der Waals surface area contributed by atoms with Crippen molar-refractivity contribution in [1.29, 1.82) is 0 Å². The van der Waals surface area contributed by atoms with Crippen LogP contribution in [0.2, 0.25) is 0 Å². The molecule has 0 aliphatic rings. The van der Waals surface area contributed by atoms with Crippen LogP contribution >= 0.6 is 15.9 Å². The Labute approximate surface area is 170 Å². The molecule has 0 aliphatic heterocycles. The number of hydrogen-bond acceptors (Lipinski definition) is 4. The van der Waals surface area contributed by atoms with Gasteiger partial charge in [0.05, 0.1) is 12.7 Å². The van der Waals surface area contributed by atoms with Gasteiger partial charge >= 0.3 is 0 Å². The normalized spacial score (nSPS) is 11.6. The van der Waals surface area contributed by atoms with E-state index in [0.29, 0.717) is 33.9 Å². The van der Waals surface area contributed by atoms with Gasteiger partial charge in [-0.2, -0.15) is 0 Å². The van der Waals surface area contributed by atoms with E-state index in [4.69, 9.17) is 9.15 Å². The molecule has 1 heterocycles. The fourth-order valence-corrected chi connectivity index (χ4v) is 3.29. The van der Waals surface area contributed by atoms with Crippen molar-refractivity contribution >= 4 is 44.5 Å². The smallest absolute Gasteiger partial charge is 0.231 e. The first-order chi connectivity index (χ1) is 13.6. The van der Waals surface area contributed by atoms with Crippen LogP contribution in [0.3, 0.4) is 0 Å². The number of ketones is 1. The number of benzene rings is 3. The molecule has 0 atom stereocenters. The van der Waals surface area contributed by atoms with Crippen molar-refractivity contribution in [1.82, 2.24) is 4.98 Å². The van der Waals surface area contributed by atoms with Crippen LogP contribution in [0.15, 0.2) is 81.7 Å². The SMILES string of the molecule is COc1ccc(C(=O)/C(=C/c2cccc(Br)c2)c2nc3ccccc3o2)cc1. The number of carbonyl (C=O) groups excluding carboxylic acids is 1. The van der Waals surface area contributed by atoms with E-state index in [1.54, 1.807) is 37.5 Å². The Hall–Kier alpha value is -3.18. The van der Waals surface area contributed by atoms with Crippen LogP contribution in [0.1, 0.15) is 21.8 Å². The average molecular weight is 434 g/mol. The van der Waals surface area contributed by atoms with Crippen LogP contribution in [-0.2, 0) is 0 Å². The highest BCUT2D eigenvalue weighted by Crippen LogP contribution is 2.27.